The predicted octanol–water partition coefficient (Wildman–Crippen LogP) is 4.14. The number of anilines is 1. The minimum Gasteiger partial charge on any atom is -0.506 e. The molecule has 0 atom stereocenters. The molecule has 3 aromatic rings. The van der Waals surface area contributed by atoms with E-state index >= 15 is 0 Å². The summed E-state index contributed by atoms with van der Waals surface area (Å²) in [6.45, 7) is 0.704. The van der Waals surface area contributed by atoms with Crippen molar-refractivity contribution in [1.29, 1.82) is 0 Å². The second kappa shape index (κ2) is 4.86. The Morgan fingerprint density at radius 1 is 1.11 bits per heavy atom. The maximum Gasteiger partial charge on any atom is 0.134 e. The lowest BCUT2D eigenvalue weighted by Crippen LogP contribution is -1.99. The molecule has 0 radical (unpaired) electrons. The van der Waals surface area contributed by atoms with E-state index in [1.165, 1.54) is 10.9 Å². The van der Waals surface area contributed by atoms with Crippen LogP contribution in [-0.2, 0) is 6.54 Å². The van der Waals surface area contributed by atoms with E-state index in [9.17, 15) is 5.11 Å². The molecule has 3 nitrogen and oxygen atoms in total. The molecule has 19 heavy (non-hydrogen) atoms. The first-order valence-corrected chi connectivity index (χ1v) is 6.38. The Kier molecular flexibility index (Phi) is 3.05. The van der Waals surface area contributed by atoms with Crippen molar-refractivity contribution in [1.82, 2.24) is 4.98 Å². The summed E-state index contributed by atoms with van der Waals surface area (Å²) in [6.07, 6.45) is 1.93. The number of benzene rings is 2. The summed E-state index contributed by atoms with van der Waals surface area (Å²) in [6, 6.07) is 13.4. The van der Waals surface area contributed by atoms with E-state index in [1.54, 1.807) is 18.2 Å². The molecule has 4 heteroatoms. The monoisotopic (exact) mass is 272 g/mol. The van der Waals surface area contributed by atoms with Crippen molar-refractivity contribution in [2.24, 2.45) is 0 Å². The zero-order valence-corrected chi connectivity index (χ0v) is 10.9. The van der Waals surface area contributed by atoms with Crippen molar-refractivity contribution in [3.8, 4) is 5.75 Å². The summed E-state index contributed by atoms with van der Waals surface area (Å²) >= 11 is 5.86. The third-order valence-electron chi connectivity index (χ3n) is 3.06. The molecular formula is C15H13ClN2O. The number of hydrogen-bond acceptors (Lipinski definition) is 2. The van der Waals surface area contributed by atoms with Crippen LogP contribution in [0.15, 0.2) is 48.7 Å². The summed E-state index contributed by atoms with van der Waals surface area (Å²) in [4.78, 5) is 3.19. The molecule has 0 spiro atoms. The Morgan fingerprint density at radius 3 is 2.84 bits per heavy atom. The van der Waals surface area contributed by atoms with Gasteiger partial charge in [-0.15, -0.1) is 0 Å². The zero-order chi connectivity index (χ0) is 13.2. The van der Waals surface area contributed by atoms with E-state index in [2.05, 4.69) is 28.5 Å². The van der Waals surface area contributed by atoms with E-state index < -0.39 is 0 Å². The summed E-state index contributed by atoms with van der Waals surface area (Å²) in [5, 5.41) is 14.2. The minimum atomic E-state index is 0.0972. The summed E-state index contributed by atoms with van der Waals surface area (Å²) < 4.78 is 0. The van der Waals surface area contributed by atoms with E-state index in [0.29, 0.717) is 11.6 Å². The molecular weight excluding hydrogens is 260 g/mol. The number of nitrogens with one attached hydrogen (secondary N) is 2. The van der Waals surface area contributed by atoms with Crippen LogP contribution in [0.5, 0.6) is 5.75 Å². The van der Waals surface area contributed by atoms with Crippen LogP contribution in [0, 0.1) is 0 Å². The number of rotatable bonds is 3. The Morgan fingerprint density at radius 2 is 2.00 bits per heavy atom. The highest BCUT2D eigenvalue weighted by molar-refractivity contribution is 6.32. The lowest BCUT2D eigenvalue weighted by Gasteiger charge is -2.08. The molecule has 0 saturated carbocycles. The van der Waals surface area contributed by atoms with Crippen LogP contribution in [0.3, 0.4) is 0 Å². The lowest BCUT2D eigenvalue weighted by atomic mass is 10.1. The molecule has 3 rings (SSSR count). The Hall–Kier alpha value is -2.13. The predicted molar refractivity (Wildman–Crippen MR) is 78.7 cm³/mol. The van der Waals surface area contributed by atoms with Crippen molar-refractivity contribution >= 4 is 28.2 Å². The largest absolute Gasteiger partial charge is 0.506 e. The van der Waals surface area contributed by atoms with E-state index in [1.807, 2.05) is 12.3 Å². The average molecular weight is 273 g/mol. The normalized spacial score (nSPS) is 10.8. The standard InChI is InChI=1S/C15H13ClN2O/c16-13-8-12(3-4-15(13)19)18-9-10-1-2-11-5-6-17-14(11)7-10/h1-8,17-19H,9H2. The molecule has 96 valence electrons. The van der Waals surface area contributed by atoms with Gasteiger partial charge < -0.3 is 15.4 Å². The molecule has 1 aromatic heterocycles. The van der Waals surface area contributed by atoms with Crippen LogP contribution < -0.4 is 5.32 Å². The third kappa shape index (κ3) is 2.51. The van der Waals surface area contributed by atoms with E-state index in [0.717, 1.165) is 11.2 Å². The number of aromatic nitrogens is 1. The number of aromatic amines is 1. The Balaban J connectivity index is 1.75. The van der Waals surface area contributed by atoms with Gasteiger partial charge in [0, 0.05) is 23.9 Å². The molecule has 0 saturated heterocycles. The van der Waals surface area contributed by atoms with Crippen molar-refractivity contribution in [3.63, 3.8) is 0 Å². The number of H-pyrrole nitrogens is 1. The number of aromatic hydroxyl groups is 1. The van der Waals surface area contributed by atoms with Crippen molar-refractivity contribution in [2.45, 2.75) is 6.54 Å². The Labute approximate surface area is 115 Å². The first kappa shape index (κ1) is 11.9. The Bertz CT molecular complexity index is 721. The van der Waals surface area contributed by atoms with Gasteiger partial charge in [-0.2, -0.15) is 0 Å². The first-order chi connectivity index (χ1) is 9.22. The SMILES string of the molecule is Oc1ccc(NCc2ccc3cc[nH]c3c2)cc1Cl. The number of phenols is 1. The van der Waals surface area contributed by atoms with Crippen molar-refractivity contribution in [2.75, 3.05) is 5.32 Å². The van der Waals surface area contributed by atoms with Gasteiger partial charge in [0.2, 0.25) is 0 Å². The van der Waals surface area contributed by atoms with E-state index in [4.69, 9.17) is 11.6 Å². The van der Waals surface area contributed by atoms with Crippen molar-refractivity contribution < 1.29 is 5.11 Å². The van der Waals surface area contributed by atoms with Crippen LogP contribution >= 0.6 is 11.6 Å². The van der Waals surface area contributed by atoms with Gasteiger partial charge in [0.1, 0.15) is 5.75 Å². The maximum absolute atomic E-state index is 9.36. The van der Waals surface area contributed by atoms with Crippen LogP contribution in [0.1, 0.15) is 5.56 Å². The third-order valence-corrected chi connectivity index (χ3v) is 3.37. The molecule has 2 aromatic carbocycles. The van der Waals surface area contributed by atoms with Gasteiger partial charge in [0.05, 0.1) is 5.02 Å². The molecule has 1 heterocycles. The second-order valence-electron chi connectivity index (χ2n) is 4.42. The number of phenolic OH excluding ortho intramolecular Hbond substituents is 1. The molecule has 0 amide bonds. The molecule has 0 bridgehead atoms. The van der Waals surface area contributed by atoms with Crippen LogP contribution in [0.25, 0.3) is 10.9 Å². The highest BCUT2D eigenvalue weighted by Crippen LogP contribution is 2.26. The fraction of sp³-hybridized carbons (Fsp3) is 0.0667. The maximum atomic E-state index is 9.36. The average Bonchev–Trinajstić information content (AvgIpc) is 2.87. The van der Waals surface area contributed by atoms with Crippen LogP contribution in [0.2, 0.25) is 5.02 Å². The molecule has 3 N–H and O–H groups in total. The fourth-order valence-corrected chi connectivity index (χ4v) is 2.21. The van der Waals surface area contributed by atoms with E-state index in [-0.39, 0.29) is 5.75 Å². The van der Waals surface area contributed by atoms with Gasteiger partial charge in [-0.05, 0) is 41.3 Å². The fourth-order valence-electron chi connectivity index (χ4n) is 2.03. The van der Waals surface area contributed by atoms with Crippen LogP contribution in [-0.4, -0.2) is 10.1 Å². The summed E-state index contributed by atoms with van der Waals surface area (Å²) in [7, 11) is 0. The highest BCUT2D eigenvalue weighted by Gasteiger charge is 2.01. The van der Waals surface area contributed by atoms with Gasteiger partial charge in [-0.3, -0.25) is 0 Å². The molecule has 0 fully saturated rings. The lowest BCUT2D eigenvalue weighted by molar-refractivity contribution is 0.475. The topological polar surface area (TPSA) is 48.0 Å². The van der Waals surface area contributed by atoms with Gasteiger partial charge in [0.25, 0.3) is 0 Å². The molecule has 0 aliphatic carbocycles. The van der Waals surface area contributed by atoms with Crippen LogP contribution in [0.4, 0.5) is 5.69 Å². The quantitative estimate of drug-likeness (QED) is 0.628. The summed E-state index contributed by atoms with van der Waals surface area (Å²) in [5.41, 5.74) is 3.19. The molecule has 0 aliphatic heterocycles. The van der Waals surface area contributed by atoms with Gasteiger partial charge in [-0.25, -0.2) is 0 Å². The van der Waals surface area contributed by atoms with Crippen molar-refractivity contribution in [3.05, 3.63) is 59.2 Å². The number of hydrogen-bond donors (Lipinski definition) is 3. The van der Waals surface area contributed by atoms with Gasteiger partial charge in [-0.1, -0.05) is 23.7 Å². The summed E-state index contributed by atoms with van der Waals surface area (Å²) in [5.74, 6) is 0.0972. The molecule has 0 unspecified atom stereocenters. The molecule has 0 aliphatic rings. The minimum absolute atomic E-state index is 0.0972. The smallest absolute Gasteiger partial charge is 0.134 e. The number of halogens is 1. The van der Waals surface area contributed by atoms with Gasteiger partial charge in [0.15, 0.2) is 0 Å². The second-order valence-corrected chi connectivity index (χ2v) is 4.83. The number of fused-ring (bicyclic) bond motifs is 1. The first-order valence-electron chi connectivity index (χ1n) is 6.01. The van der Waals surface area contributed by atoms with Gasteiger partial charge >= 0.3 is 0 Å². The zero-order valence-electron chi connectivity index (χ0n) is 10.2. The highest BCUT2D eigenvalue weighted by atomic mass is 35.5.